The number of pyridine rings is 1. The molecule has 5 heteroatoms. The number of aromatic nitrogens is 1. The van der Waals surface area contributed by atoms with Crippen LogP contribution < -0.4 is 5.73 Å². The average Bonchev–Trinajstić information content (AvgIpc) is 2.27. The van der Waals surface area contributed by atoms with E-state index in [9.17, 15) is 13.2 Å². The van der Waals surface area contributed by atoms with Gasteiger partial charge in [0.2, 0.25) is 0 Å². The number of alkyl halides is 3. The van der Waals surface area contributed by atoms with Gasteiger partial charge in [-0.25, -0.2) is 4.98 Å². The van der Waals surface area contributed by atoms with Gasteiger partial charge in [-0.15, -0.1) is 0 Å². The standard InChI is InChI=1S/C13H13F3N2/c1-7(2)11-6-18-12(17)9-4-3-8(5-10(9)11)13(14,15)16/h3-7H,1-2H3,(H2,17,18). The zero-order chi connectivity index (χ0) is 13.5. The lowest BCUT2D eigenvalue weighted by molar-refractivity contribution is -0.137. The SMILES string of the molecule is CC(C)c1cnc(N)c2ccc(C(F)(F)F)cc12. The number of halogens is 3. The van der Waals surface area contributed by atoms with E-state index in [0.29, 0.717) is 10.8 Å². The van der Waals surface area contributed by atoms with Crippen LogP contribution in [-0.4, -0.2) is 4.98 Å². The molecule has 1 heterocycles. The molecule has 2 nitrogen and oxygen atoms in total. The number of nitrogen functional groups attached to an aromatic ring is 1. The summed E-state index contributed by atoms with van der Waals surface area (Å²) in [7, 11) is 0. The van der Waals surface area contributed by atoms with Gasteiger partial charge in [0, 0.05) is 11.6 Å². The molecule has 2 N–H and O–H groups in total. The summed E-state index contributed by atoms with van der Waals surface area (Å²) in [4.78, 5) is 4.02. The molecule has 2 rings (SSSR count). The molecule has 0 fully saturated rings. The van der Waals surface area contributed by atoms with E-state index in [1.54, 1.807) is 6.20 Å². The van der Waals surface area contributed by atoms with E-state index in [4.69, 9.17) is 5.73 Å². The van der Waals surface area contributed by atoms with Gasteiger partial charge < -0.3 is 5.73 Å². The van der Waals surface area contributed by atoms with E-state index < -0.39 is 11.7 Å². The first-order valence-electron chi connectivity index (χ1n) is 5.56. The Balaban J connectivity index is 2.77. The van der Waals surface area contributed by atoms with Crippen LogP contribution in [0.2, 0.25) is 0 Å². The molecule has 0 atom stereocenters. The summed E-state index contributed by atoms with van der Waals surface area (Å²) in [6.07, 6.45) is -2.80. The molecule has 2 aromatic rings. The van der Waals surface area contributed by atoms with Crippen molar-refractivity contribution in [1.29, 1.82) is 0 Å². The topological polar surface area (TPSA) is 38.9 Å². The highest BCUT2D eigenvalue weighted by Crippen LogP contribution is 2.35. The number of rotatable bonds is 1. The van der Waals surface area contributed by atoms with Gasteiger partial charge in [0.05, 0.1) is 5.56 Å². The molecule has 0 saturated heterocycles. The summed E-state index contributed by atoms with van der Waals surface area (Å²) < 4.78 is 38.1. The van der Waals surface area contributed by atoms with Gasteiger partial charge >= 0.3 is 6.18 Å². The number of fused-ring (bicyclic) bond motifs is 1. The van der Waals surface area contributed by atoms with Gasteiger partial charge in [-0.05, 0) is 29.0 Å². The van der Waals surface area contributed by atoms with Crippen LogP contribution in [0.1, 0.15) is 30.9 Å². The fourth-order valence-corrected chi connectivity index (χ4v) is 1.92. The van der Waals surface area contributed by atoms with E-state index in [0.717, 1.165) is 17.7 Å². The van der Waals surface area contributed by atoms with Crippen LogP contribution in [-0.2, 0) is 6.18 Å². The molecule has 0 bridgehead atoms. The Morgan fingerprint density at radius 1 is 1.17 bits per heavy atom. The predicted molar refractivity (Wildman–Crippen MR) is 65.2 cm³/mol. The first kappa shape index (κ1) is 12.7. The average molecular weight is 254 g/mol. The van der Waals surface area contributed by atoms with Crippen LogP contribution in [0.4, 0.5) is 19.0 Å². The Morgan fingerprint density at radius 2 is 1.83 bits per heavy atom. The minimum absolute atomic E-state index is 0.0871. The van der Waals surface area contributed by atoms with Gasteiger partial charge in [-0.1, -0.05) is 19.9 Å². The van der Waals surface area contributed by atoms with Crippen molar-refractivity contribution < 1.29 is 13.2 Å². The number of nitrogens with two attached hydrogens (primary N) is 1. The van der Waals surface area contributed by atoms with Gasteiger partial charge in [0.1, 0.15) is 5.82 Å². The van der Waals surface area contributed by atoms with Gasteiger partial charge in [0.25, 0.3) is 0 Å². The molecule has 0 aliphatic carbocycles. The lowest BCUT2D eigenvalue weighted by atomic mass is 9.96. The summed E-state index contributed by atoms with van der Waals surface area (Å²) in [5.41, 5.74) is 5.80. The molecule has 0 aliphatic heterocycles. The molecule has 1 aromatic heterocycles. The van der Waals surface area contributed by atoms with Crippen LogP contribution in [0.5, 0.6) is 0 Å². The Kier molecular flexibility index (Phi) is 2.92. The maximum absolute atomic E-state index is 12.7. The second-order valence-corrected chi connectivity index (χ2v) is 4.51. The van der Waals surface area contributed by atoms with Crippen molar-refractivity contribution in [2.75, 3.05) is 5.73 Å². The predicted octanol–water partition coefficient (Wildman–Crippen LogP) is 3.96. The van der Waals surface area contributed by atoms with Gasteiger partial charge in [0.15, 0.2) is 0 Å². The Hall–Kier alpha value is -1.78. The first-order chi connectivity index (χ1) is 8.30. The highest BCUT2D eigenvalue weighted by atomic mass is 19.4. The van der Waals surface area contributed by atoms with Crippen LogP contribution in [0.25, 0.3) is 10.8 Å². The zero-order valence-corrected chi connectivity index (χ0v) is 10.0. The Labute approximate surface area is 103 Å². The van der Waals surface area contributed by atoms with E-state index in [1.165, 1.54) is 6.07 Å². The highest BCUT2D eigenvalue weighted by Gasteiger charge is 2.30. The lowest BCUT2D eigenvalue weighted by Gasteiger charge is -2.13. The number of nitrogens with zero attached hydrogens (tertiary/aromatic N) is 1. The summed E-state index contributed by atoms with van der Waals surface area (Å²) in [6.45, 7) is 3.82. The maximum Gasteiger partial charge on any atom is 0.416 e. The first-order valence-corrected chi connectivity index (χ1v) is 5.56. The highest BCUT2D eigenvalue weighted by molar-refractivity contribution is 5.94. The van der Waals surface area contributed by atoms with Crippen LogP contribution >= 0.6 is 0 Å². The Bertz CT molecular complexity index is 589. The molecule has 1 aromatic carbocycles. The smallest absolute Gasteiger partial charge is 0.383 e. The summed E-state index contributed by atoms with van der Waals surface area (Å²) in [5, 5.41) is 1.08. The maximum atomic E-state index is 12.7. The fourth-order valence-electron chi connectivity index (χ4n) is 1.92. The molecule has 0 unspecified atom stereocenters. The van der Waals surface area contributed by atoms with E-state index in [-0.39, 0.29) is 11.7 Å². The molecule has 96 valence electrons. The van der Waals surface area contributed by atoms with Crippen molar-refractivity contribution >= 4 is 16.6 Å². The molecule has 18 heavy (non-hydrogen) atoms. The molecular weight excluding hydrogens is 241 g/mol. The van der Waals surface area contributed by atoms with Crippen molar-refractivity contribution in [3.05, 3.63) is 35.5 Å². The molecule has 0 saturated carbocycles. The molecule has 0 radical (unpaired) electrons. The van der Waals surface area contributed by atoms with Crippen LogP contribution in [0.15, 0.2) is 24.4 Å². The van der Waals surface area contributed by atoms with Crippen molar-refractivity contribution in [2.45, 2.75) is 25.9 Å². The zero-order valence-electron chi connectivity index (χ0n) is 10.0. The summed E-state index contributed by atoms with van der Waals surface area (Å²) in [6, 6.07) is 3.56. The normalized spacial score (nSPS) is 12.3. The monoisotopic (exact) mass is 254 g/mol. The summed E-state index contributed by atoms with van der Waals surface area (Å²) in [5.74, 6) is 0.340. The number of hydrogen-bond donors (Lipinski definition) is 1. The number of hydrogen-bond acceptors (Lipinski definition) is 2. The largest absolute Gasteiger partial charge is 0.416 e. The third-order valence-corrected chi connectivity index (χ3v) is 2.90. The minimum atomic E-state index is -4.35. The van der Waals surface area contributed by atoms with Crippen LogP contribution in [0.3, 0.4) is 0 Å². The molecular formula is C13H13F3N2. The summed E-state index contributed by atoms with van der Waals surface area (Å²) >= 11 is 0. The number of anilines is 1. The van der Waals surface area contributed by atoms with E-state index in [1.807, 2.05) is 13.8 Å². The van der Waals surface area contributed by atoms with E-state index in [2.05, 4.69) is 4.98 Å². The van der Waals surface area contributed by atoms with Gasteiger partial charge in [-0.3, -0.25) is 0 Å². The fraction of sp³-hybridized carbons (Fsp3) is 0.308. The van der Waals surface area contributed by atoms with Gasteiger partial charge in [-0.2, -0.15) is 13.2 Å². The quantitative estimate of drug-likeness (QED) is 0.836. The second-order valence-electron chi connectivity index (χ2n) is 4.51. The number of benzene rings is 1. The lowest BCUT2D eigenvalue weighted by Crippen LogP contribution is -2.06. The second kappa shape index (κ2) is 4.15. The van der Waals surface area contributed by atoms with Crippen molar-refractivity contribution in [1.82, 2.24) is 4.98 Å². The van der Waals surface area contributed by atoms with E-state index >= 15 is 0 Å². The molecule has 0 spiro atoms. The molecule has 0 amide bonds. The Morgan fingerprint density at radius 3 is 2.39 bits per heavy atom. The minimum Gasteiger partial charge on any atom is -0.383 e. The van der Waals surface area contributed by atoms with Crippen molar-refractivity contribution in [3.8, 4) is 0 Å². The third kappa shape index (κ3) is 2.12. The third-order valence-electron chi connectivity index (χ3n) is 2.90. The van der Waals surface area contributed by atoms with Crippen molar-refractivity contribution in [3.63, 3.8) is 0 Å². The van der Waals surface area contributed by atoms with Crippen LogP contribution in [0, 0.1) is 0 Å². The molecule has 0 aliphatic rings. The van der Waals surface area contributed by atoms with Crippen molar-refractivity contribution in [2.24, 2.45) is 0 Å².